The van der Waals surface area contributed by atoms with Crippen molar-refractivity contribution in [3.63, 3.8) is 0 Å². The van der Waals surface area contributed by atoms with Crippen LogP contribution in [0.5, 0.6) is 0 Å². The molecule has 0 aliphatic carbocycles. The van der Waals surface area contributed by atoms with Crippen LogP contribution in [0.15, 0.2) is 9.98 Å². The van der Waals surface area contributed by atoms with E-state index in [9.17, 15) is 29.4 Å². The Labute approximate surface area is 196 Å². The van der Waals surface area contributed by atoms with Crippen molar-refractivity contribution in [1.82, 2.24) is 16.0 Å². The van der Waals surface area contributed by atoms with Crippen molar-refractivity contribution in [3.8, 4) is 0 Å². The number of hydrogen-bond donors (Lipinski definition) is 10. The van der Waals surface area contributed by atoms with E-state index in [4.69, 9.17) is 28.7 Å². The van der Waals surface area contributed by atoms with Crippen LogP contribution in [0.25, 0.3) is 0 Å². The highest BCUT2D eigenvalue weighted by atomic mass is 16.4. The molecule has 0 saturated heterocycles. The van der Waals surface area contributed by atoms with Gasteiger partial charge in [0, 0.05) is 13.1 Å². The quantitative estimate of drug-likeness (QED) is 0.0556. The highest BCUT2D eigenvalue weighted by Crippen LogP contribution is 2.01. The van der Waals surface area contributed by atoms with Gasteiger partial charge >= 0.3 is 5.97 Å². The fraction of sp³-hybridized carbons (Fsp3) is 0.667. The molecule has 15 N–H and O–H groups in total. The summed E-state index contributed by atoms with van der Waals surface area (Å²) in [5, 5.41) is 25.8. The van der Waals surface area contributed by atoms with Crippen LogP contribution in [0.1, 0.15) is 32.6 Å². The molecule has 16 nitrogen and oxygen atoms in total. The van der Waals surface area contributed by atoms with Gasteiger partial charge in [-0.2, -0.15) is 0 Å². The number of nitrogens with zero attached hydrogens (tertiary/aromatic N) is 2. The van der Waals surface area contributed by atoms with Crippen molar-refractivity contribution in [1.29, 1.82) is 0 Å². The molecule has 0 rings (SSSR count). The molecule has 0 heterocycles. The standard InChI is InChI=1S/C18H36N10O6/c1-9(29)13(19)15(32)28-10(4-2-6-24-17(20)21)14(31)26-8-12(30)27-11(16(33)34)5-3-7-25-18(22)23/h9-11,13,29H,2-8,19H2,1H3,(H,26,31)(H,27,30)(H,28,32)(H,33,34)(H4,20,21,24)(H4,22,23,25). The molecule has 194 valence electrons. The summed E-state index contributed by atoms with van der Waals surface area (Å²) in [5.41, 5.74) is 26.5. The van der Waals surface area contributed by atoms with Gasteiger partial charge in [0.1, 0.15) is 18.1 Å². The first kappa shape index (κ1) is 30.3. The van der Waals surface area contributed by atoms with Crippen molar-refractivity contribution in [2.24, 2.45) is 38.7 Å². The summed E-state index contributed by atoms with van der Waals surface area (Å²) in [7, 11) is 0. The molecule has 0 fully saturated rings. The molecular formula is C18H36N10O6. The first-order valence-corrected chi connectivity index (χ1v) is 10.5. The van der Waals surface area contributed by atoms with E-state index in [1.807, 2.05) is 0 Å². The largest absolute Gasteiger partial charge is 0.480 e. The van der Waals surface area contributed by atoms with E-state index in [-0.39, 0.29) is 37.9 Å². The first-order chi connectivity index (χ1) is 15.8. The molecule has 0 aromatic heterocycles. The second kappa shape index (κ2) is 16.0. The molecule has 0 bridgehead atoms. The van der Waals surface area contributed by atoms with Crippen molar-refractivity contribution in [3.05, 3.63) is 0 Å². The average molecular weight is 489 g/mol. The highest BCUT2D eigenvalue weighted by Gasteiger charge is 2.26. The lowest BCUT2D eigenvalue weighted by Gasteiger charge is -2.22. The number of carbonyl (C=O) groups excluding carboxylic acids is 3. The zero-order valence-corrected chi connectivity index (χ0v) is 19.1. The molecule has 0 aliphatic heterocycles. The van der Waals surface area contributed by atoms with Gasteiger partial charge in [-0.3, -0.25) is 24.4 Å². The second-order valence-electron chi connectivity index (χ2n) is 7.40. The number of aliphatic carboxylic acids is 1. The Hall–Kier alpha value is -3.66. The number of aliphatic hydroxyl groups excluding tert-OH is 1. The molecule has 0 radical (unpaired) electrons. The number of aliphatic imine (C=N–C) groups is 2. The smallest absolute Gasteiger partial charge is 0.326 e. The zero-order chi connectivity index (χ0) is 26.3. The van der Waals surface area contributed by atoms with Crippen LogP contribution in [0.3, 0.4) is 0 Å². The summed E-state index contributed by atoms with van der Waals surface area (Å²) >= 11 is 0. The molecule has 16 heteroatoms. The number of nitrogens with two attached hydrogens (primary N) is 5. The van der Waals surface area contributed by atoms with Crippen molar-refractivity contribution >= 4 is 35.6 Å². The highest BCUT2D eigenvalue weighted by molar-refractivity contribution is 5.92. The van der Waals surface area contributed by atoms with Crippen LogP contribution in [0.4, 0.5) is 0 Å². The van der Waals surface area contributed by atoms with Gasteiger partial charge in [-0.05, 0) is 32.6 Å². The number of hydrogen-bond acceptors (Lipinski definition) is 8. The Morgan fingerprint density at radius 1 is 0.853 bits per heavy atom. The normalized spacial score (nSPS) is 14.0. The topological polar surface area (TPSA) is 300 Å². The zero-order valence-electron chi connectivity index (χ0n) is 19.1. The van der Waals surface area contributed by atoms with Crippen molar-refractivity contribution < 1.29 is 29.4 Å². The number of guanidine groups is 2. The lowest BCUT2D eigenvalue weighted by molar-refractivity contribution is -0.142. The van der Waals surface area contributed by atoms with E-state index in [0.29, 0.717) is 12.8 Å². The molecule has 0 aliphatic rings. The molecule has 0 aromatic carbocycles. The van der Waals surface area contributed by atoms with Crippen LogP contribution in [-0.2, 0) is 19.2 Å². The minimum Gasteiger partial charge on any atom is -0.480 e. The second-order valence-corrected chi connectivity index (χ2v) is 7.40. The van der Waals surface area contributed by atoms with Crippen LogP contribution in [0.2, 0.25) is 0 Å². The monoisotopic (exact) mass is 488 g/mol. The lowest BCUT2D eigenvalue weighted by atomic mass is 10.1. The fourth-order valence-electron chi connectivity index (χ4n) is 2.56. The van der Waals surface area contributed by atoms with Gasteiger partial charge in [0.2, 0.25) is 17.7 Å². The summed E-state index contributed by atoms with van der Waals surface area (Å²) in [4.78, 5) is 55.7. The van der Waals surface area contributed by atoms with E-state index in [1.165, 1.54) is 6.92 Å². The van der Waals surface area contributed by atoms with Crippen molar-refractivity contribution in [2.75, 3.05) is 19.6 Å². The molecule has 3 amide bonds. The molecule has 0 saturated carbocycles. The Morgan fingerprint density at radius 2 is 1.35 bits per heavy atom. The van der Waals surface area contributed by atoms with Gasteiger partial charge in [-0.25, -0.2) is 4.79 Å². The number of carboxylic acid groups (broad SMARTS) is 1. The van der Waals surface area contributed by atoms with E-state index in [1.54, 1.807) is 0 Å². The summed E-state index contributed by atoms with van der Waals surface area (Å²) in [6.45, 7) is 1.15. The Kier molecular flexibility index (Phi) is 14.3. The Balaban J connectivity index is 4.93. The lowest BCUT2D eigenvalue weighted by Crippen LogP contribution is -2.55. The van der Waals surface area contributed by atoms with E-state index in [0.717, 1.165) is 0 Å². The third kappa shape index (κ3) is 13.7. The van der Waals surface area contributed by atoms with Crippen molar-refractivity contribution in [2.45, 2.75) is 56.8 Å². The number of amides is 3. The van der Waals surface area contributed by atoms with Crippen LogP contribution in [0, 0.1) is 0 Å². The van der Waals surface area contributed by atoms with Gasteiger partial charge < -0.3 is 54.8 Å². The Morgan fingerprint density at radius 3 is 1.79 bits per heavy atom. The number of aliphatic hydroxyl groups is 1. The molecule has 34 heavy (non-hydrogen) atoms. The minimum absolute atomic E-state index is 0.0620. The third-order valence-electron chi connectivity index (χ3n) is 4.40. The number of rotatable bonds is 16. The summed E-state index contributed by atoms with van der Waals surface area (Å²) in [5.74, 6) is -3.77. The molecular weight excluding hydrogens is 452 g/mol. The molecule has 4 unspecified atom stereocenters. The van der Waals surface area contributed by atoms with E-state index in [2.05, 4.69) is 25.9 Å². The van der Waals surface area contributed by atoms with E-state index < -0.39 is 54.5 Å². The fourth-order valence-corrected chi connectivity index (χ4v) is 2.56. The summed E-state index contributed by atoms with van der Waals surface area (Å²) in [6.07, 6.45) is -0.383. The SMILES string of the molecule is CC(O)C(N)C(=O)NC(CCCN=C(N)N)C(=O)NCC(=O)NC(CCCN=C(N)N)C(=O)O. The van der Waals surface area contributed by atoms with Crippen LogP contribution < -0.4 is 44.6 Å². The Bertz CT molecular complexity index is 750. The van der Waals surface area contributed by atoms with Crippen LogP contribution >= 0.6 is 0 Å². The number of carboxylic acids is 1. The third-order valence-corrected chi connectivity index (χ3v) is 4.40. The predicted molar refractivity (Wildman–Crippen MR) is 124 cm³/mol. The van der Waals surface area contributed by atoms with Gasteiger partial charge in [0.15, 0.2) is 11.9 Å². The maximum Gasteiger partial charge on any atom is 0.326 e. The molecule has 4 atom stereocenters. The molecule has 0 aromatic rings. The van der Waals surface area contributed by atoms with E-state index >= 15 is 0 Å². The minimum atomic E-state index is -1.27. The number of nitrogens with one attached hydrogen (secondary N) is 3. The maximum absolute atomic E-state index is 12.5. The average Bonchev–Trinajstić information content (AvgIpc) is 2.74. The first-order valence-electron chi connectivity index (χ1n) is 10.5. The maximum atomic E-state index is 12.5. The van der Waals surface area contributed by atoms with Gasteiger partial charge in [-0.1, -0.05) is 0 Å². The summed E-state index contributed by atoms with van der Waals surface area (Å²) in [6, 6.07) is -3.58. The number of carbonyl (C=O) groups is 4. The predicted octanol–water partition coefficient (Wildman–Crippen LogP) is -5.03. The molecule has 0 spiro atoms. The van der Waals surface area contributed by atoms with Gasteiger partial charge in [0.05, 0.1) is 12.6 Å². The van der Waals surface area contributed by atoms with Gasteiger partial charge in [0.25, 0.3) is 0 Å². The summed E-state index contributed by atoms with van der Waals surface area (Å²) < 4.78 is 0. The van der Waals surface area contributed by atoms with Gasteiger partial charge in [-0.15, -0.1) is 0 Å². The van der Waals surface area contributed by atoms with Crippen LogP contribution in [-0.4, -0.2) is 89.7 Å².